The Hall–Kier alpha value is -0.540. The molecule has 1 aliphatic heterocycles. The Balaban J connectivity index is 1.95. The molecule has 1 aromatic heterocycles. The Morgan fingerprint density at radius 2 is 2.27 bits per heavy atom. The van der Waals surface area contributed by atoms with Crippen molar-refractivity contribution in [3.8, 4) is 0 Å². The minimum Gasteiger partial charge on any atom is -0.250 e. The summed E-state index contributed by atoms with van der Waals surface area (Å²) in [5.74, 6) is 0. The number of hydrogen-bond acceptors (Lipinski definition) is 2. The molecule has 57 valence electrons. The van der Waals surface area contributed by atoms with Crippen molar-refractivity contribution in [2.75, 3.05) is 13.1 Å². The van der Waals surface area contributed by atoms with Gasteiger partial charge < -0.3 is 0 Å². The zero-order chi connectivity index (χ0) is 7.52. The van der Waals surface area contributed by atoms with Gasteiger partial charge in [-0.15, -0.1) is 11.8 Å². The van der Waals surface area contributed by atoms with E-state index in [1.807, 2.05) is 36.2 Å². The Morgan fingerprint density at radius 1 is 1.36 bits per heavy atom. The van der Waals surface area contributed by atoms with Gasteiger partial charge in [0.2, 0.25) is 0 Å². The summed E-state index contributed by atoms with van der Waals surface area (Å²) in [4.78, 5) is 4.22. The van der Waals surface area contributed by atoms with E-state index in [1.165, 1.54) is 0 Å². The highest BCUT2D eigenvalue weighted by atomic mass is 32.2. The summed E-state index contributed by atoms with van der Waals surface area (Å²) >= 11 is 1.83. The van der Waals surface area contributed by atoms with Crippen molar-refractivity contribution in [3.63, 3.8) is 0 Å². The second-order valence-electron chi connectivity index (χ2n) is 2.50. The van der Waals surface area contributed by atoms with E-state index in [9.17, 15) is 0 Å². The first-order valence-corrected chi connectivity index (χ1v) is 4.54. The van der Waals surface area contributed by atoms with Crippen LogP contribution in [-0.4, -0.2) is 23.3 Å². The molecule has 11 heavy (non-hydrogen) atoms. The van der Waals surface area contributed by atoms with Crippen LogP contribution in [0.15, 0.2) is 29.4 Å². The van der Waals surface area contributed by atoms with Crippen LogP contribution >= 0.6 is 11.8 Å². The molecule has 2 heterocycles. The van der Waals surface area contributed by atoms with Gasteiger partial charge >= 0.3 is 0 Å². The topological polar surface area (TPSA) is 27.0 Å². The molecule has 1 saturated heterocycles. The maximum absolute atomic E-state index is 4.22. The van der Waals surface area contributed by atoms with Crippen LogP contribution in [0.2, 0.25) is 0 Å². The molecule has 0 atom stereocenters. The molecule has 2 nitrogen and oxygen atoms in total. The molecule has 2 rings (SSSR count). The van der Waals surface area contributed by atoms with Gasteiger partial charge in [0, 0.05) is 24.5 Å². The predicted molar refractivity (Wildman–Crippen MR) is 45.8 cm³/mol. The van der Waals surface area contributed by atoms with Crippen molar-refractivity contribution in [1.82, 2.24) is 10.3 Å². The van der Waals surface area contributed by atoms with Gasteiger partial charge in [-0.2, -0.15) is 0 Å². The second kappa shape index (κ2) is 3.24. The van der Waals surface area contributed by atoms with Gasteiger partial charge in [-0.1, -0.05) is 6.07 Å². The van der Waals surface area contributed by atoms with Crippen molar-refractivity contribution in [2.24, 2.45) is 0 Å². The van der Waals surface area contributed by atoms with Gasteiger partial charge in [-0.05, 0) is 12.1 Å². The molecule has 0 amide bonds. The lowest BCUT2D eigenvalue weighted by Gasteiger charge is -2.23. The van der Waals surface area contributed by atoms with Gasteiger partial charge in [-0.3, -0.25) is 0 Å². The van der Waals surface area contributed by atoms with Gasteiger partial charge in [0.15, 0.2) is 0 Å². The first kappa shape index (κ1) is 7.13. The quantitative estimate of drug-likeness (QED) is 0.657. The lowest BCUT2D eigenvalue weighted by molar-refractivity contribution is 0.530. The molecule has 1 radical (unpaired) electrons. The highest BCUT2D eigenvalue weighted by Crippen LogP contribution is 2.23. The van der Waals surface area contributed by atoms with Crippen LogP contribution in [0, 0.1) is 0 Å². The normalized spacial score (nSPS) is 17.8. The van der Waals surface area contributed by atoms with E-state index < -0.39 is 0 Å². The summed E-state index contributed by atoms with van der Waals surface area (Å²) in [6.07, 6.45) is 1.83. The monoisotopic (exact) mass is 165 g/mol. The largest absolute Gasteiger partial charge is 0.250 e. The third-order valence-electron chi connectivity index (χ3n) is 1.59. The summed E-state index contributed by atoms with van der Waals surface area (Å²) in [7, 11) is 0. The minimum atomic E-state index is 0.685. The fourth-order valence-corrected chi connectivity index (χ4v) is 1.88. The fraction of sp³-hybridized carbons (Fsp3) is 0.375. The van der Waals surface area contributed by atoms with E-state index in [1.54, 1.807) is 0 Å². The van der Waals surface area contributed by atoms with Crippen LogP contribution in [-0.2, 0) is 0 Å². The molecule has 1 fully saturated rings. The summed E-state index contributed by atoms with van der Waals surface area (Å²) in [6, 6.07) is 6.00. The molecule has 0 bridgehead atoms. The summed E-state index contributed by atoms with van der Waals surface area (Å²) in [6.45, 7) is 2.00. The molecule has 1 aliphatic rings. The maximum atomic E-state index is 4.22. The van der Waals surface area contributed by atoms with Crippen molar-refractivity contribution < 1.29 is 0 Å². The van der Waals surface area contributed by atoms with E-state index in [-0.39, 0.29) is 0 Å². The zero-order valence-electron chi connectivity index (χ0n) is 6.10. The molecule has 0 N–H and O–H groups in total. The number of aromatic nitrogens is 1. The Labute approximate surface area is 70.4 Å². The van der Waals surface area contributed by atoms with E-state index in [2.05, 4.69) is 10.3 Å². The molecule has 0 spiro atoms. The molecule has 3 heteroatoms. The van der Waals surface area contributed by atoms with Crippen LogP contribution in [0.5, 0.6) is 0 Å². The molecule has 1 aromatic rings. The highest BCUT2D eigenvalue weighted by molar-refractivity contribution is 8.00. The Kier molecular flexibility index (Phi) is 2.10. The van der Waals surface area contributed by atoms with Crippen molar-refractivity contribution in [3.05, 3.63) is 24.4 Å². The number of nitrogens with zero attached hydrogens (tertiary/aromatic N) is 2. The average molecular weight is 165 g/mol. The van der Waals surface area contributed by atoms with Crippen LogP contribution < -0.4 is 5.32 Å². The summed E-state index contributed by atoms with van der Waals surface area (Å²) in [5.41, 5.74) is 0. The van der Waals surface area contributed by atoms with E-state index >= 15 is 0 Å². The molecule has 0 saturated carbocycles. The lowest BCUT2D eigenvalue weighted by atomic mass is 10.3. The van der Waals surface area contributed by atoms with E-state index in [4.69, 9.17) is 0 Å². The number of hydrogen-bond donors (Lipinski definition) is 0. The van der Waals surface area contributed by atoms with Crippen molar-refractivity contribution in [2.45, 2.75) is 10.3 Å². The van der Waals surface area contributed by atoms with Crippen molar-refractivity contribution in [1.29, 1.82) is 0 Å². The standard InChI is InChI=1S/C8H9N2S/c1-2-4-10-8(3-1)11-7-5-9-6-7/h1-4,7H,5-6H2. The van der Waals surface area contributed by atoms with Gasteiger partial charge in [0.1, 0.15) is 0 Å². The van der Waals surface area contributed by atoms with Crippen LogP contribution in [0.3, 0.4) is 0 Å². The van der Waals surface area contributed by atoms with Crippen LogP contribution in [0.25, 0.3) is 0 Å². The highest BCUT2D eigenvalue weighted by Gasteiger charge is 2.19. The van der Waals surface area contributed by atoms with E-state index in [0.29, 0.717) is 5.25 Å². The SMILES string of the molecule is c1ccc(SC2C[N]C2)nc1. The number of thioether (sulfide) groups is 1. The lowest BCUT2D eigenvalue weighted by Crippen LogP contribution is -2.38. The van der Waals surface area contributed by atoms with Crippen LogP contribution in [0.4, 0.5) is 0 Å². The molecule has 0 unspecified atom stereocenters. The molecule has 0 aromatic carbocycles. The van der Waals surface area contributed by atoms with E-state index in [0.717, 1.165) is 18.1 Å². The summed E-state index contributed by atoms with van der Waals surface area (Å²) in [5, 5.41) is 5.95. The molecular formula is C8H9N2S. The number of rotatable bonds is 2. The fourth-order valence-electron chi connectivity index (χ4n) is 0.897. The third kappa shape index (κ3) is 1.73. The maximum Gasteiger partial charge on any atom is 0.0963 e. The first-order valence-electron chi connectivity index (χ1n) is 3.66. The first-order chi connectivity index (χ1) is 5.45. The third-order valence-corrected chi connectivity index (χ3v) is 2.71. The Bertz CT molecular complexity index is 221. The van der Waals surface area contributed by atoms with Crippen LogP contribution in [0.1, 0.15) is 0 Å². The number of pyridine rings is 1. The van der Waals surface area contributed by atoms with Gasteiger partial charge in [-0.25, -0.2) is 10.3 Å². The van der Waals surface area contributed by atoms with Gasteiger partial charge in [0.05, 0.1) is 5.03 Å². The minimum absolute atomic E-state index is 0.685. The Morgan fingerprint density at radius 3 is 2.82 bits per heavy atom. The van der Waals surface area contributed by atoms with Crippen molar-refractivity contribution >= 4 is 11.8 Å². The average Bonchev–Trinajstić information content (AvgIpc) is 1.99. The zero-order valence-corrected chi connectivity index (χ0v) is 6.92. The molecule has 0 aliphatic carbocycles. The smallest absolute Gasteiger partial charge is 0.0963 e. The molecular weight excluding hydrogens is 156 g/mol. The second-order valence-corrected chi connectivity index (χ2v) is 3.82. The summed E-state index contributed by atoms with van der Waals surface area (Å²) < 4.78 is 0. The van der Waals surface area contributed by atoms with Gasteiger partial charge in [0.25, 0.3) is 0 Å². The predicted octanol–water partition coefficient (Wildman–Crippen LogP) is 1.16.